The smallest absolute Gasteiger partial charge is 0.408 e. The Balaban J connectivity index is 3.58. The fraction of sp³-hybridized carbons (Fsp3) is 0.833. The van der Waals surface area contributed by atoms with Crippen LogP contribution in [0.4, 0.5) is 4.79 Å². The quantitative estimate of drug-likeness (QED) is 0.637. The van der Waals surface area contributed by atoms with Crippen molar-refractivity contribution in [2.75, 3.05) is 5.88 Å². The van der Waals surface area contributed by atoms with Gasteiger partial charge in [-0.1, -0.05) is 12.6 Å². The number of amides is 1. The minimum Gasteiger partial charge on any atom is -0.444 e. The molecule has 0 aliphatic carbocycles. The maximum absolute atomic E-state index is 10.7. The predicted molar refractivity (Wildman–Crippen MR) is 41.8 cm³/mol. The molecule has 0 aliphatic heterocycles. The summed E-state index contributed by atoms with van der Waals surface area (Å²) in [6, 6.07) is 0. The molecule has 0 unspecified atom stereocenters. The first-order valence-electron chi connectivity index (χ1n) is 3.00. The molecule has 0 aliphatic rings. The van der Waals surface area contributed by atoms with Crippen molar-refractivity contribution in [1.29, 1.82) is 0 Å². The average Bonchev–Trinajstić information content (AvgIpc) is 1.59. The van der Waals surface area contributed by atoms with Gasteiger partial charge in [0.25, 0.3) is 0 Å². The molecule has 0 fully saturated rings. The molecule has 3 nitrogen and oxygen atoms in total. The van der Waals surface area contributed by atoms with Crippen LogP contribution in [0.5, 0.6) is 0 Å². The summed E-state index contributed by atoms with van der Waals surface area (Å²) in [4.78, 5) is 10.7. The Morgan fingerprint density at radius 2 is 2.10 bits per heavy atom. The Hall–Kier alpha value is -0.380. The zero-order chi connectivity index (χ0) is 8.20. The third-order valence-corrected chi connectivity index (χ3v) is 0.760. The molecular formula is C6H12NO2S. The number of hydrogen-bond acceptors (Lipinski definition) is 2. The number of nitrogens with one attached hydrogen (secondary N) is 1. The zero-order valence-electron chi connectivity index (χ0n) is 6.43. The van der Waals surface area contributed by atoms with Crippen LogP contribution in [-0.2, 0) is 4.74 Å². The van der Waals surface area contributed by atoms with Crippen LogP contribution in [0, 0.1) is 0 Å². The topological polar surface area (TPSA) is 38.3 Å². The number of ether oxygens (including phenoxy) is 1. The Morgan fingerprint density at radius 3 is 2.40 bits per heavy atom. The Kier molecular flexibility index (Phi) is 3.57. The molecule has 1 amide bonds. The summed E-state index contributed by atoms with van der Waals surface area (Å²) >= 11 is 4.51. The van der Waals surface area contributed by atoms with Crippen LogP contribution in [0.1, 0.15) is 20.8 Å². The largest absolute Gasteiger partial charge is 0.444 e. The van der Waals surface area contributed by atoms with Crippen molar-refractivity contribution < 1.29 is 9.53 Å². The summed E-state index contributed by atoms with van der Waals surface area (Å²) in [6.45, 7) is 5.40. The lowest BCUT2D eigenvalue weighted by Gasteiger charge is -2.18. The highest BCUT2D eigenvalue weighted by Crippen LogP contribution is 2.05. The first-order chi connectivity index (χ1) is 4.45. The molecule has 1 radical (unpaired) electrons. The van der Waals surface area contributed by atoms with Gasteiger partial charge in [0.15, 0.2) is 0 Å². The molecule has 59 valence electrons. The van der Waals surface area contributed by atoms with Crippen LogP contribution in [-0.4, -0.2) is 17.6 Å². The lowest BCUT2D eigenvalue weighted by Crippen LogP contribution is -2.31. The highest BCUT2D eigenvalue weighted by molar-refractivity contribution is 7.80. The van der Waals surface area contributed by atoms with E-state index in [4.69, 9.17) is 4.74 Å². The van der Waals surface area contributed by atoms with E-state index in [1.807, 2.05) is 0 Å². The van der Waals surface area contributed by atoms with E-state index in [1.54, 1.807) is 20.8 Å². The summed E-state index contributed by atoms with van der Waals surface area (Å²) in [5.74, 6) is 0.189. The molecule has 1 N–H and O–H groups in total. The summed E-state index contributed by atoms with van der Waals surface area (Å²) in [7, 11) is 0. The molecule has 0 atom stereocenters. The van der Waals surface area contributed by atoms with Gasteiger partial charge in [0.05, 0.1) is 5.88 Å². The van der Waals surface area contributed by atoms with Crippen LogP contribution in [0.15, 0.2) is 0 Å². The van der Waals surface area contributed by atoms with Crippen LogP contribution < -0.4 is 5.32 Å². The maximum atomic E-state index is 10.7. The standard InChI is InChI=1S/C6H12NO2S/c1-6(2,3)9-5(8)7-4-10/h4H2,1-3H3,(H,7,8). The number of hydrogen-bond donors (Lipinski definition) is 1. The van der Waals surface area contributed by atoms with E-state index >= 15 is 0 Å². The predicted octanol–water partition coefficient (Wildman–Crippen LogP) is 1.67. The van der Waals surface area contributed by atoms with E-state index in [0.29, 0.717) is 0 Å². The average molecular weight is 162 g/mol. The molecule has 10 heavy (non-hydrogen) atoms. The van der Waals surface area contributed by atoms with Crippen LogP contribution in [0.2, 0.25) is 0 Å². The highest BCUT2D eigenvalue weighted by atomic mass is 32.1. The van der Waals surface area contributed by atoms with Gasteiger partial charge in [0.1, 0.15) is 5.60 Å². The number of rotatable bonds is 1. The lowest BCUT2D eigenvalue weighted by molar-refractivity contribution is 0.0538. The number of carbonyl (C=O) groups is 1. The van der Waals surface area contributed by atoms with Crippen LogP contribution in [0.25, 0.3) is 0 Å². The first-order valence-corrected chi connectivity index (χ1v) is 3.58. The molecule has 0 spiro atoms. The molecular weight excluding hydrogens is 150 g/mol. The Bertz CT molecular complexity index is 119. The minimum atomic E-state index is -0.456. The summed E-state index contributed by atoms with van der Waals surface area (Å²) < 4.78 is 4.86. The van der Waals surface area contributed by atoms with E-state index in [1.165, 1.54) is 0 Å². The third kappa shape index (κ3) is 5.75. The third-order valence-electron chi connectivity index (χ3n) is 0.615. The van der Waals surface area contributed by atoms with Gasteiger partial charge in [-0.2, -0.15) is 0 Å². The summed E-state index contributed by atoms with van der Waals surface area (Å²) in [5, 5.41) is 2.36. The second kappa shape index (κ2) is 3.71. The van der Waals surface area contributed by atoms with E-state index < -0.39 is 11.7 Å². The van der Waals surface area contributed by atoms with Crippen molar-refractivity contribution in [3.63, 3.8) is 0 Å². The monoisotopic (exact) mass is 162 g/mol. The normalized spacial score (nSPS) is 10.8. The Morgan fingerprint density at radius 1 is 1.60 bits per heavy atom. The van der Waals surface area contributed by atoms with Gasteiger partial charge in [0, 0.05) is 0 Å². The van der Waals surface area contributed by atoms with Gasteiger partial charge < -0.3 is 10.1 Å². The molecule has 0 saturated carbocycles. The lowest BCUT2D eigenvalue weighted by atomic mass is 10.2. The van der Waals surface area contributed by atoms with E-state index in [9.17, 15) is 4.79 Å². The van der Waals surface area contributed by atoms with E-state index in [-0.39, 0.29) is 5.88 Å². The second-order valence-corrected chi connectivity index (χ2v) is 3.11. The van der Waals surface area contributed by atoms with Crippen molar-refractivity contribution in [2.24, 2.45) is 0 Å². The molecule has 0 saturated heterocycles. The van der Waals surface area contributed by atoms with Crippen molar-refractivity contribution >= 4 is 18.7 Å². The van der Waals surface area contributed by atoms with Crippen molar-refractivity contribution in [3.8, 4) is 0 Å². The molecule has 0 bridgehead atoms. The molecule has 0 rings (SSSR count). The fourth-order valence-electron chi connectivity index (χ4n) is 0.373. The van der Waals surface area contributed by atoms with Crippen LogP contribution >= 0.6 is 12.6 Å². The van der Waals surface area contributed by atoms with Crippen LogP contribution in [0.3, 0.4) is 0 Å². The summed E-state index contributed by atoms with van der Waals surface area (Å²) in [5.41, 5.74) is -0.436. The number of carbonyl (C=O) groups excluding carboxylic acids is 1. The van der Waals surface area contributed by atoms with Gasteiger partial charge in [-0.3, -0.25) is 0 Å². The number of alkyl carbamates (subject to hydrolysis) is 1. The van der Waals surface area contributed by atoms with Gasteiger partial charge in [-0.05, 0) is 20.8 Å². The van der Waals surface area contributed by atoms with Crippen molar-refractivity contribution in [3.05, 3.63) is 0 Å². The fourth-order valence-corrected chi connectivity index (χ4v) is 0.491. The van der Waals surface area contributed by atoms with E-state index in [2.05, 4.69) is 17.9 Å². The molecule has 0 aromatic heterocycles. The van der Waals surface area contributed by atoms with E-state index in [0.717, 1.165) is 0 Å². The minimum absolute atomic E-state index is 0.189. The van der Waals surface area contributed by atoms with Gasteiger partial charge in [-0.15, -0.1) is 0 Å². The van der Waals surface area contributed by atoms with Crippen molar-refractivity contribution in [2.45, 2.75) is 26.4 Å². The molecule has 0 heterocycles. The summed E-state index contributed by atoms with van der Waals surface area (Å²) in [6.07, 6.45) is -0.456. The Labute approximate surface area is 66.5 Å². The highest BCUT2D eigenvalue weighted by Gasteiger charge is 2.14. The second-order valence-electron chi connectivity index (χ2n) is 2.82. The van der Waals surface area contributed by atoms with Crippen molar-refractivity contribution in [1.82, 2.24) is 5.32 Å². The van der Waals surface area contributed by atoms with Gasteiger partial charge >= 0.3 is 6.09 Å². The van der Waals surface area contributed by atoms with Gasteiger partial charge in [-0.25, -0.2) is 4.79 Å². The zero-order valence-corrected chi connectivity index (χ0v) is 7.25. The molecule has 4 heteroatoms. The van der Waals surface area contributed by atoms with Gasteiger partial charge in [0.2, 0.25) is 0 Å². The molecule has 0 aromatic carbocycles. The maximum Gasteiger partial charge on any atom is 0.408 e. The first kappa shape index (κ1) is 9.62. The SMILES string of the molecule is CC(C)(C)OC(=O)NC[S]. The molecule has 0 aromatic rings.